The molecule has 106 valence electrons. The first-order valence-electron chi connectivity index (χ1n) is 6.95. The quantitative estimate of drug-likeness (QED) is 0.882. The minimum atomic E-state index is -0.810. The highest BCUT2D eigenvalue weighted by molar-refractivity contribution is 5.22. The average Bonchev–Trinajstić information content (AvgIpc) is 2.45. The van der Waals surface area contributed by atoms with Gasteiger partial charge in [-0.2, -0.15) is 0 Å². The van der Waals surface area contributed by atoms with Crippen LogP contribution in [0.1, 0.15) is 43.7 Å². The fourth-order valence-electron chi connectivity index (χ4n) is 2.58. The van der Waals surface area contributed by atoms with Crippen LogP contribution in [0.2, 0.25) is 0 Å². The Morgan fingerprint density at radius 2 is 2.00 bits per heavy atom. The summed E-state index contributed by atoms with van der Waals surface area (Å²) in [6, 6.07) is 3.95. The molecule has 1 saturated carbocycles. The first-order chi connectivity index (χ1) is 9.22. The zero-order chi connectivity index (χ0) is 13.7. The standard InChI is InChI=1S/C15H21F2NO/c1-18-14(10-19-11-6-3-2-4-7-11)12-8-5-9-13(16)15(12)17/h5,8-9,11,14,18H,2-4,6-7,10H2,1H3. The van der Waals surface area contributed by atoms with E-state index in [9.17, 15) is 8.78 Å². The molecule has 19 heavy (non-hydrogen) atoms. The molecule has 2 rings (SSSR count). The number of likely N-dealkylation sites (N-methyl/N-ethyl adjacent to an activating group) is 1. The predicted octanol–water partition coefficient (Wildman–Crippen LogP) is 3.57. The van der Waals surface area contributed by atoms with E-state index in [0.29, 0.717) is 12.2 Å². The van der Waals surface area contributed by atoms with Crippen LogP contribution >= 0.6 is 0 Å². The minimum Gasteiger partial charge on any atom is -0.376 e. The maximum absolute atomic E-state index is 13.7. The van der Waals surface area contributed by atoms with Crippen LogP contribution in [0.3, 0.4) is 0 Å². The van der Waals surface area contributed by atoms with Gasteiger partial charge in [-0.1, -0.05) is 31.4 Å². The Morgan fingerprint density at radius 1 is 1.26 bits per heavy atom. The molecule has 0 aromatic heterocycles. The highest BCUT2D eigenvalue weighted by atomic mass is 19.2. The van der Waals surface area contributed by atoms with Crippen molar-refractivity contribution in [3.05, 3.63) is 35.4 Å². The van der Waals surface area contributed by atoms with Gasteiger partial charge >= 0.3 is 0 Å². The summed E-state index contributed by atoms with van der Waals surface area (Å²) in [5, 5.41) is 2.99. The highest BCUT2D eigenvalue weighted by Gasteiger charge is 2.20. The smallest absolute Gasteiger partial charge is 0.163 e. The van der Waals surface area contributed by atoms with E-state index in [2.05, 4.69) is 5.32 Å². The summed E-state index contributed by atoms with van der Waals surface area (Å²) in [6.45, 7) is 0.377. The zero-order valence-electron chi connectivity index (χ0n) is 11.3. The van der Waals surface area contributed by atoms with Crippen molar-refractivity contribution in [3.8, 4) is 0 Å². The van der Waals surface area contributed by atoms with Crippen molar-refractivity contribution in [2.45, 2.75) is 44.2 Å². The molecule has 1 N–H and O–H groups in total. The van der Waals surface area contributed by atoms with Crippen molar-refractivity contribution in [2.24, 2.45) is 0 Å². The van der Waals surface area contributed by atoms with Crippen LogP contribution in [0.25, 0.3) is 0 Å². The number of hydrogen-bond acceptors (Lipinski definition) is 2. The number of hydrogen-bond donors (Lipinski definition) is 1. The van der Waals surface area contributed by atoms with Crippen molar-refractivity contribution in [2.75, 3.05) is 13.7 Å². The Morgan fingerprint density at radius 3 is 2.68 bits per heavy atom. The van der Waals surface area contributed by atoms with Crippen LogP contribution in [-0.4, -0.2) is 19.8 Å². The van der Waals surface area contributed by atoms with Gasteiger partial charge in [-0.3, -0.25) is 0 Å². The third kappa shape index (κ3) is 3.74. The lowest BCUT2D eigenvalue weighted by Gasteiger charge is -2.25. The van der Waals surface area contributed by atoms with Gasteiger partial charge in [-0.15, -0.1) is 0 Å². The molecule has 0 aliphatic heterocycles. The summed E-state index contributed by atoms with van der Waals surface area (Å²) in [6.07, 6.45) is 6.07. The van der Waals surface area contributed by atoms with Crippen LogP contribution in [0.5, 0.6) is 0 Å². The van der Waals surface area contributed by atoms with Gasteiger partial charge < -0.3 is 10.1 Å². The molecule has 0 radical (unpaired) electrons. The van der Waals surface area contributed by atoms with Crippen LogP contribution in [0, 0.1) is 11.6 Å². The Bertz CT molecular complexity index is 405. The van der Waals surface area contributed by atoms with E-state index in [1.54, 1.807) is 13.1 Å². The van der Waals surface area contributed by atoms with Gasteiger partial charge in [0, 0.05) is 5.56 Å². The molecular formula is C15H21F2NO. The maximum Gasteiger partial charge on any atom is 0.163 e. The van der Waals surface area contributed by atoms with Gasteiger partial charge in [0.15, 0.2) is 11.6 Å². The van der Waals surface area contributed by atoms with E-state index < -0.39 is 11.6 Å². The SMILES string of the molecule is CNC(COC1CCCCC1)c1cccc(F)c1F. The van der Waals surface area contributed by atoms with Crippen LogP contribution < -0.4 is 5.32 Å². The summed E-state index contributed by atoms with van der Waals surface area (Å²) in [7, 11) is 1.74. The topological polar surface area (TPSA) is 21.3 Å². The van der Waals surface area contributed by atoms with E-state index >= 15 is 0 Å². The predicted molar refractivity (Wildman–Crippen MR) is 71.0 cm³/mol. The molecule has 1 atom stereocenters. The Hall–Kier alpha value is -1.00. The molecule has 2 nitrogen and oxygen atoms in total. The van der Waals surface area contributed by atoms with Crippen LogP contribution in [0.15, 0.2) is 18.2 Å². The third-order valence-corrected chi connectivity index (χ3v) is 3.76. The van der Waals surface area contributed by atoms with Crippen molar-refractivity contribution in [1.29, 1.82) is 0 Å². The lowest BCUT2D eigenvalue weighted by atomic mass is 9.97. The Labute approximate surface area is 113 Å². The molecule has 1 unspecified atom stereocenters. The fourth-order valence-corrected chi connectivity index (χ4v) is 2.58. The third-order valence-electron chi connectivity index (χ3n) is 3.76. The van der Waals surface area contributed by atoms with E-state index in [4.69, 9.17) is 4.74 Å². The van der Waals surface area contributed by atoms with Gasteiger partial charge in [-0.05, 0) is 26.0 Å². The van der Waals surface area contributed by atoms with E-state index in [1.165, 1.54) is 25.3 Å². The minimum absolute atomic E-state index is 0.265. The molecule has 0 amide bonds. The molecule has 1 aromatic carbocycles. The summed E-state index contributed by atoms with van der Waals surface area (Å²) < 4.78 is 32.8. The number of halogens is 2. The molecule has 0 spiro atoms. The monoisotopic (exact) mass is 269 g/mol. The van der Waals surface area contributed by atoms with Crippen molar-refractivity contribution >= 4 is 0 Å². The second-order valence-electron chi connectivity index (χ2n) is 5.08. The second-order valence-corrected chi connectivity index (χ2v) is 5.08. The summed E-state index contributed by atoms with van der Waals surface area (Å²) in [5.41, 5.74) is 0.332. The summed E-state index contributed by atoms with van der Waals surface area (Å²) in [5.74, 6) is -1.59. The number of rotatable bonds is 5. The van der Waals surface area contributed by atoms with Gasteiger partial charge in [0.05, 0.1) is 18.8 Å². The summed E-state index contributed by atoms with van der Waals surface area (Å²) >= 11 is 0. The van der Waals surface area contributed by atoms with E-state index in [0.717, 1.165) is 18.9 Å². The van der Waals surface area contributed by atoms with Crippen LogP contribution in [-0.2, 0) is 4.74 Å². The maximum atomic E-state index is 13.7. The van der Waals surface area contributed by atoms with Crippen molar-refractivity contribution in [3.63, 3.8) is 0 Å². The first-order valence-corrected chi connectivity index (χ1v) is 6.95. The molecule has 0 saturated heterocycles. The molecule has 0 bridgehead atoms. The first kappa shape index (κ1) is 14.4. The molecule has 1 aliphatic carbocycles. The lowest BCUT2D eigenvalue weighted by molar-refractivity contribution is 0.0160. The van der Waals surface area contributed by atoms with Crippen molar-refractivity contribution < 1.29 is 13.5 Å². The fraction of sp³-hybridized carbons (Fsp3) is 0.600. The summed E-state index contributed by atoms with van der Waals surface area (Å²) in [4.78, 5) is 0. The number of nitrogens with one attached hydrogen (secondary N) is 1. The second kappa shape index (κ2) is 6.96. The molecule has 1 aromatic rings. The van der Waals surface area contributed by atoms with Gasteiger partial charge in [-0.25, -0.2) is 8.78 Å². The Balaban J connectivity index is 1.97. The molecule has 4 heteroatoms. The largest absolute Gasteiger partial charge is 0.376 e. The van der Waals surface area contributed by atoms with E-state index in [-0.39, 0.29) is 12.1 Å². The van der Waals surface area contributed by atoms with Crippen molar-refractivity contribution in [1.82, 2.24) is 5.32 Å². The highest BCUT2D eigenvalue weighted by Crippen LogP contribution is 2.24. The zero-order valence-corrected chi connectivity index (χ0v) is 11.3. The van der Waals surface area contributed by atoms with Gasteiger partial charge in [0.25, 0.3) is 0 Å². The number of ether oxygens (including phenoxy) is 1. The van der Waals surface area contributed by atoms with E-state index in [1.807, 2.05) is 0 Å². The molecule has 1 fully saturated rings. The number of benzene rings is 1. The molecular weight excluding hydrogens is 248 g/mol. The normalized spacial score (nSPS) is 18.5. The molecule has 1 aliphatic rings. The van der Waals surface area contributed by atoms with Crippen LogP contribution in [0.4, 0.5) is 8.78 Å². The lowest BCUT2D eigenvalue weighted by Crippen LogP contribution is -2.27. The Kier molecular flexibility index (Phi) is 5.28. The van der Waals surface area contributed by atoms with Gasteiger partial charge in [0.1, 0.15) is 0 Å². The van der Waals surface area contributed by atoms with Gasteiger partial charge in [0.2, 0.25) is 0 Å². The molecule has 0 heterocycles. The average molecular weight is 269 g/mol.